The number of anilines is 1. The predicted octanol–water partition coefficient (Wildman–Crippen LogP) is 3.97. The van der Waals surface area contributed by atoms with E-state index in [1.165, 1.54) is 12.5 Å². The number of hydrogen-bond acceptors (Lipinski definition) is 4. The number of aromatic nitrogens is 4. The molecule has 24 heavy (non-hydrogen) atoms. The number of nitrogens with zero attached hydrogens (tertiary/aromatic N) is 3. The fourth-order valence-corrected chi connectivity index (χ4v) is 2.19. The predicted molar refractivity (Wildman–Crippen MR) is 87.1 cm³/mol. The van der Waals surface area contributed by atoms with Crippen molar-refractivity contribution in [2.24, 2.45) is 0 Å². The van der Waals surface area contributed by atoms with Crippen molar-refractivity contribution in [2.75, 3.05) is 5.32 Å². The van der Waals surface area contributed by atoms with Crippen molar-refractivity contribution < 1.29 is 13.2 Å². The molecule has 0 amide bonds. The second kappa shape index (κ2) is 7.04. The van der Waals surface area contributed by atoms with Crippen molar-refractivity contribution in [3.63, 3.8) is 0 Å². The van der Waals surface area contributed by atoms with E-state index in [2.05, 4.69) is 25.3 Å². The second-order valence-corrected chi connectivity index (χ2v) is 5.06. The van der Waals surface area contributed by atoms with Crippen molar-refractivity contribution in [3.8, 4) is 0 Å². The van der Waals surface area contributed by atoms with Gasteiger partial charge in [-0.1, -0.05) is 6.92 Å². The molecule has 3 aromatic heterocycles. The Hall–Kier alpha value is -2.35. The molecule has 3 aromatic rings. The van der Waals surface area contributed by atoms with E-state index >= 15 is 0 Å². The molecule has 0 unspecified atom stereocenters. The van der Waals surface area contributed by atoms with E-state index in [4.69, 9.17) is 0 Å². The van der Waals surface area contributed by atoms with Gasteiger partial charge >= 0.3 is 6.18 Å². The van der Waals surface area contributed by atoms with Crippen LogP contribution in [0.25, 0.3) is 11.0 Å². The van der Waals surface area contributed by atoms with Gasteiger partial charge in [0.1, 0.15) is 23.5 Å². The lowest BCUT2D eigenvalue weighted by Crippen LogP contribution is -2.04. The minimum absolute atomic E-state index is 0. The fourth-order valence-electron chi connectivity index (χ4n) is 2.19. The standard InChI is InChI=1S/C15H14F3N5.ClH/c1-2-11-5-13(22-8-21-11)19-6-9-3-10-4-12(15(16,17)18)23-14(10)20-7-9;/h3-5,7-8H,2,6H2,1H3,(H,20,23)(H,19,21,22);1H. The first kappa shape index (κ1) is 18.0. The van der Waals surface area contributed by atoms with E-state index in [-0.39, 0.29) is 18.1 Å². The largest absolute Gasteiger partial charge is 0.431 e. The molecule has 0 saturated carbocycles. The number of halogens is 4. The van der Waals surface area contributed by atoms with Gasteiger partial charge in [-0.15, -0.1) is 12.4 Å². The Morgan fingerprint density at radius 2 is 1.92 bits per heavy atom. The molecule has 0 saturated heterocycles. The summed E-state index contributed by atoms with van der Waals surface area (Å²) in [5, 5.41) is 3.54. The van der Waals surface area contributed by atoms with Gasteiger partial charge in [-0.2, -0.15) is 13.2 Å². The van der Waals surface area contributed by atoms with Gasteiger partial charge in [0.2, 0.25) is 0 Å². The summed E-state index contributed by atoms with van der Waals surface area (Å²) in [5.74, 6) is 0.669. The van der Waals surface area contributed by atoms with Crippen molar-refractivity contribution >= 4 is 29.3 Å². The molecule has 3 rings (SSSR count). The first-order valence-corrected chi connectivity index (χ1v) is 7.05. The molecule has 0 atom stereocenters. The summed E-state index contributed by atoms with van der Waals surface area (Å²) >= 11 is 0. The Balaban J connectivity index is 0.00000208. The highest BCUT2D eigenvalue weighted by molar-refractivity contribution is 5.85. The number of aryl methyl sites for hydroxylation is 1. The molecule has 128 valence electrons. The highest BCUT2D eigenvalue weighted by Gasteiger charge is 2.32. The summed E-state index contributed by atoms with van der Waals surface area (Å²) in [6.07, 6.45) is -0.594. The van der Waals surface area contributed by atoms with Gasteiger partial charge < -0.3 is 10.3 Å². The van der Waals surface area contributed by atoms with E-state index in [0.29, 0.717) is 17.7 Å². The summed E-state index contributed by atoms with van der Waals surface area (Å²) in [6.45, 7) is 2.41. The van der Waals surface area contributed by atoms with Gasteiger partial charge in [0.25, 0.3) is 0 Å². The smallest absolute Gasteiger partial charge is 0.366 e. The summed E-state index contributed by atoms with van der Waals surface area (Å²) in [5.41, 5.74) is 1.10. The third-order valence-corrected chi connectivity index (χ3v) is 3.39. The molecular weight excluding hydrogens is 343 g/mol. The molecule has 0 aromatic carbocycles. The Kier molecular flexibility index (Phi) is 5.28. The Morgan fingerprint density at radius 1 is 1.12 bits per heavy atom. The maximum atomic E-state index is 12.7. The molecular formula is C15H15ClF3N5. The van der Waals surface area contributed by atoms with Crippen LogP contribution in [0.5, 0.6) is 0 Å². The van der Waals surface area contributed by atoms with Crippen LogP contribution in [0, 0.1) is 0 Å². The van der Waals surface area contributed by atoms with E-state index in [9.17, 15) is 13.2 Å². The van der Waals surface area contributed by atoms with Crippen LogP contribution in [0.1, 0.15) is 23.9 Å². The Bertz CT molecular complexity index is 831. The van der Waals surface area contributed by atoms with Crippen molar-refractivity contribution in [2.45, 2.75) is 26.1 Å². The molecule has 0 radical (unpaired) electrons. The van der Waals surface area contributed by atoms with Crippen LogP contribution in [-0.2, 0) is 19.1 Å². The number of hydrogen-bond donors (Lipinski definition) is 2. The first-order valence-electron chi connectivity index (χ1n) is 7.05. The average molecular weight is 358 g/mol. The zero-order valence-corrected chi connectivity index (χ0v) is 13.5. The van der Waals surface area contributed by atoms with Gasteiger partial charge in [-0.25, -0.2) is 15.0 Å². The van der Waals surface area contributed by atoms with Crippen LogP contribution in [0.2, 0.25) is 0 Å². The van der Waals surface area contributed by atoms with E-state index in [1.54, 1.807) is 6.07 Å². The Labute approximate surface area is 142 Å². The molecule has 0 spiro atoms. The summed E-state index contributed by atoms with van der Waals surface area (Å²) in [6, 6.07) is 4.57. The molecule has 5 nitrogen and oxygen atoms in total. The third-order valence-electron chi connectivity index (χ3n) is 3.39. The number of H-pyrrole nitrogens is 1. The summed E-state index contributed by atoms with van der Waals surface area (Å²) in [7, 11) is 0. The van der Waals surface area contributed by atoms with Crippen LogP contribution in [-0.4, -0.2) is 19.9 Å². The second-order valence-electron chi connectivity index (χ2n) is 5.06. The monoisotopic (exact) mass is 357 g/mol. The van der Waals surface area contributed by atoms with Gasteiger partial charge in [-0.05, 0) is 24.1 Å². The third kappa shape index (κ3) is 3.94. The molecule has 2 N–H and O–H groups in total. The van der Waals surface area contributed by atoms with Gasteiger partial charge in [0.05, 0.1) is 0 Å². The lowest BCUT2D eigenvalue weighted by molar-refractivity contribution is -0.140. The maximum absolute atomic E-state index is 12.7. The fraction of sp³-hybridized carbons (Fsp3) is 0.267. The van der Waals surface area contributed by atoms with Crippen LogP contribution in [0.3, 0.4) is 0 Å². The van der Waals surface area contributed by atoms with Crippen LogP contribution in [0.4, 0.5) is 19.0 Å². The molecule has 9 heteroatoms. The molecule has 0 aliphatic heterocycles. The van der Waals surface area contributed by atoms with Gasteiger partial charge in [-0.3, -0.25) is 0 Å². The first-order chi connectivity index (χ1) is 11.0. The van der Waals surface area contributed by atoms with E-state index in [1.807, 2.05) is 13.0 Å². The topological polar surface area (TPSA) is 66.5 Å². The van der Waals surface area contributed by atoms with Crippen molar-refractivity contribution in [1.82, 2.24) is 19.9 Å². The number of rotatable bonds is 4. The van der Waals surface area contributed by atoms with Gasteiger partial charge in [0, 0.05) is 29.9 Å². The highest BCUT2D eigenvalue weighted by atomic mass is 35.5. The zero-order chi connectivity index (χ0) is 16.4. The molecule has 0 fully saturated rings. The van der Waals surface area contributed by atoms with Crippen molar-refractivity contribution in [3.05, 3.63) is 47.7 Å². The van der Waals surface area contributed by atoms with Crippen LogP contribution >= 0.6 is 12.4 Å². The number of alkyl halides is 3. The SMILES string of the molecule is CCc1cc(NCc2cnc3[nH]c(C(F)(F)F)cc3c2)ncn1.Cl. The highest BCUT2D eigenvalue weighted by Crippen LogP contribution is 2.30. The lowest BCUT2D eigenvalue weighted by atomic mass is 10.2. The van der Waals surface area contributed by atoms with Crippen LogP contribution < -0.4 is 5.32 Å². The van der Waals surface area contributed by atoms with Crippen LogP contribution in [0.15, 0.2) is 30.7 Å². The summed E-state index contributed by atoms with van der Waals surface area (Å²) < 4.78 is 38.0. The maximum Gasteiger partial charge on any atom is 0.431 e. The Morgan fingerprint density at radius 3 is 2.62 bits per heavy atom. The van der Waals surface area contributed by atoms with E-state index in [0.717, 1.165) is 23.7 Å². The number of fused-ring (bicyclic) bond motifs is 1. The molecule has 0 bridgehead atoms. The molecule has 0 aliphatic carbocycles. The van der Waals surface area contributed by atoms with Crippen molar-refractivity contribution in [1.29, 1.82) is 0 Å². The normalized spacial score (nSPS) is 11.3. The zero-order valence-electron chi connectivity index (χ0n) is 12.7. The minimum atomic E-state index is -4.41. The minimum Gasteiger partial charge on any atom is -0.366 e. The number of aromatic amines is 1. The average Bonchev–Trinajstić information content (AvgIpc) is 2.96. The number of pyridine rings is 1. The summed E-state index contributed by atoms with van der Waals surface area (Å²) in [4.78, 5) is 14.5. The van der Waals surface area contributed by atoms with E-state index < -0.39 is 11.9 Å². The van der Waals surface area contributed by atoms with Gasteiger partial charge in [0.15, 0.2) is 0 Å². The number of nitrogens with one attached hydrogen (secondary N) is 2. The lowest BCUT2D eigenvalue weighted by Gasteiger charge is -2.06. The molecule has 0 aliphatic rings. The molecule has 3 heterocycles. The quantitative estimate of drug-likeness (QED) is 0.741.